The zero-order valence-electron chi connectivity index (χ0n) is 9.77. The van der Waals surface area contributed by atoms with Gasteiger partial charge in [0.05, 0.1) is 11.9 Å². The lowest BCUT2D eigenvalue weighted by molar-refractivity contribution is 0.658. The van der Waals surface area contributed by atoms with Gasteiger partial charge in [0.1, 0.15) is 5.82 Å². The van der Waals surface area contributed by atoms with E-state index in [0.29, 0.717) is 5.92 Å². The summed E-state index contributed by atoms with van der Waals surface area (Å²) in [5.41, 5.74) is 1.09. The molecule has 0 amide bonds. The lowest BCUT2D eigenvalue weighted by Gasteiger charge is -2.17. The van der Waals surface area contributed by atoms with Crippen molar-refractivity contribution < 1.29 is 0 Å². The van der Waals surface area contributed by atoms with Gasteiger partial charge in [-0.25, -0.2) is 4.98 Å². The van der Waals surface area contributed by atoms with Gasteiger partial charge in [0.15, 0.2) is 0 Å². The van der Waals surface area contributed by atoms with Crippen molar-refractivity contribution in [2.75, 3.05) is 18.0 Å². The van der Waals surface area contributed by atoms with Gasteiger partial charge in [-0.05, 0) is 18.3 Å². The third kappa shape index (κ3) is 2.28. The van der Waals surface area contributed by atoms with Crippen LogP contribution in [0.3, 0.4) is 0 Å². The molecule has 0 bridgehead atoms. The molecule has 1 unspecified atom stereocenters. The van der Waals surface area contributed by atoms with Gasteiger partial charge < -0.3 is 4.90 Å². The van der Waals surface area contributed by atoms with E-state index in [4.69, 9.17) is 0 Å². The summed E-state index contributed by atoms with van der Waals surface area (Å²) < 4.78 is 0. The van der Waals surface area contributed by atoms with Gasteiger partial charge in [-0.2, -0.15) is 0 Å². The van der Waals surface area contributed by atoms with Crippen LogP contribution in [0.5, 0.6) is 0 Å². The molecule has 0 N–H and O–H groups in total. The zero-order valence-corrected chi connectivity index (χ0v) is 9.77. The third-order valence-electron chi connectivity index (χ3n) is 2.98. The lowest BCUT2D eigenvalue weighted by Crippen LogP contribution is -2.21. The Labute approximate surface area is 91.5 Å². The molecule has 0 saturated carbocycles. The van der Waals surface area contributed by atoms with E-state index in [1.165, 1.54) is 6.42 Å². The molecule has 0 aromatic carbocycles. The largest absolute Gasteiger partial charge is 0.355 e. The SMILES string of the molecule is CC1CCN(c2cncc(C(C)C)n2)C1. The Hall–Kier alpha value is -1.12. The molecular formula is C12H19N3. The van der Waals surface area contributed by atoms with Crippen LogP contribution in [0.15, 0.2) is 12.4 Å². The van der Waals surface area contributed by atoms with Gasteiger partial charge in [-0.15, -0.1) is 0 Å². The molecule has 1 fully saturated rings. The molecule has 1 aromatic rings. The van der Waals surface area contributed by atoms with Gasteiger partial charge in [-0.1, -0.05) is 20.8 Å². The van der Waals surface area contributed by atoms with E-state index in [1.54, 1.807) is 0 Å². The summed E-state index contributed by atoms with van der Waals surface area (Å²) in [7, 11) is 0. The van der Waals surface area contributed by atoms with Crippen LogP contribution in [0.1, 0.15) is 38.8 Å². The standard InChI is InChI=1S/C12H19N3/c1-9(2)11-6-13-7-12(14-11)15-5-4-10(3)8-15/h6-7,9-10H,4-5,8H2,1-3H3. The maximum absolute atomic E-state index is 4.65. The smallest absolute Gasteiger partial charge is 0.147 e. The average Bonchev–Trinajstić information content (AvgIpc) is 2.65. The van der Waals surface area contributed by atoms with E-state index in [2.05, 4.69) is 35.6 Å². The highest BCUT2D eigenvalue weighted by molar-refractivity contribution is 5.38. The topological polar surface area (TPSA) is 29.0 Å². The number of anilines is 1. The quantitative estimate of drug-likeness (QED) is 0.742. The molecule has 1 atom stereocenters. The molecular weight excluding hydrogens is 186 g/mol. The minimum Gasteiger partial charge on any atom is -0.355 e. The molecule has 1 aromatic heterocycles. The van der Waals surface area contributed by atoms with Gasteiger partial charge in [0, 0.05) is 19.3 Å². The van der Waals surface area contributed by atoms with Crippen LogP contribution in [0.4, 0.5) is 5.82 Å². The second-order valence-electron chi connectivity index (χ2n) is 4.80. The molecule has 2 heterocycles. The summed E-state index contributed by atoms with van der Waals surface area (Å²) in [6, 6.07) is 0. The van der Waals surface area contributed by atoms with Gasteiger partial charge in [-0.3, -0.25) is 4.98 Å². The van der Waals surface area contributed by atoms with Crippen LogP contribution < -0.4 is 4.90 Å². The van der Waals surface area contributed by atoms with Crippen molar-refractivity contribution >= 4 is 5.82 Å². The molecule has 0 spiro atoms. The fourth-order valence-electron chi connectivity index (χ4n) is 1.94. The van der Waals surface area contributed by atoms with Crippen molar-refractivity contribution in [2.45, 2.75) is 33.1 Å². The first-order valence-electron chi connectivity index (χ1n) is 5.73. The number of hydrogen-bond donors (Lipinski definition) is 0. The molecule has 1 saturated heterocycles. The highest BCUT2D eigenvalue weighted by atomic mass is 15.2. The highest BCUT2D eigenvalue weighted by Gasteiger charge is 2.20. The van der Waals surface area contributed by atoms with Crippen LogP contribution in [0, 0.1) is 5.92 Å². The van der Waals surface area contributed by atoms with E-state index in [-0.39, 0.29) is 0 Å². The summed E-state index contributed by atoms with van der Waals surface area (Å²) in [5.74, 6) is 2.29. The van der Waals surface area contributed by atoms with Crippen molar-refractivity contribution in [1.82, 2.24) is 9.97 Å². The second kappa shape index (κ2) is 4.17. The normalized spacial score (nSPS) is 21.3. The Morgan fingerprint density at radius 3 is 2.80 bits per heavy atom. The molecule has 15 heavy (non-hydrogen) atoms. The molecule has 0 aliphatic carbocycles. The number of hydrogen-bond acceptors (Lipinski definition) is 3. The minimum absolute atomic E-state index is 0.456. The Morgan fingerprint density at radius 2 is 2.20 bits per heavy atom. The van der Waals surface area contributed by atoms with Crippen molar-refractivity contribution in [3.63, 3.8) is 0 Å². The van der Waals surface area contributed by atoms with E-state index in [9.17, 15) is 0 Å². The minimum atomic E-state index is 0.456. The van der Waals surface area contributed by atoms with Gasteiger partial charge in [0.2, 0.25) is 0 Å². The third-order valence-corrected chi connectivity index (χ3v) is 2.98. The first-order chi connectivity index (χ1) is 7.16. The highest BCUT2D eigenvalue weighted by Crippen LogP contribution is 2.22. The maximum Gasteiger partial charge on any atom is 0.147 e. The molecule has 1 aliphatic heterocycles. The fourth-order valence-corrected chi connectivity index (χ4v) is 1.94. The number of rotatable bonds is 2. The Balaban J connectivity index is 2.18. The Kier molecular flexibility index (Phi) is 2.89. The summed E-state index contributed by atoms with van der Waals surface area (Å²) in [6.45, 7) is 8.84. The number of nitrogens with zero attached hydrogens (tertiary/aromatic N) is 3. The van der Waals surface area contributed by atoms with Crippen LogP contribution >= 0.6 is 0 Å². The van der Waals surface area contributed by atoms with Crippen molar-refractivity contribution in [2.24, 2.45) is 5.92 Å². The number of aromatic nitrogens is 2. The van der Waals surface area contributed by atoms with Crippen LogP contribution in [0.25, 0.3) is 0 Å². The molecule has 3 nitrogen and oxygen atoms in total. The second-order valence-corrected chi connectivity index (χ2v) is 4.80. The lowest BCUT2D eigenvalue weighted by atomic mass is 10.1. The predicted octanol–water partition coefficient (Wildman–Crippen LogP) is 2.45. The van der Waals surface area contributed by atoms with Crippen LogP contribution in [-0.2, 0) is 0 Å². The zero-order chi connectivity index (χ0) is 10.8. The van der Waals surface area contributed by atoms with Crippen molar-refractivity contribution in [3.05, 3.63) is 18.1 Å². The molecule has 1 aliphatic rings. The molecule has 2 rings (SSSR count). The average molecular weight is 205 g/mol. The summed E-state index contributed by atoms with van der Waals surface area (Å²) in [5, 5.41) is 0. The molecule has 3 heteroatoms. The summed E-state index contributed by atoms with van der Waals surface area (Å²) >= 11 is 0. The van der Waals surface area contributed by atoms with Gasteiger partial charge >= 0.3 is 0 Å². The Morgan fingerprint density at radius 1 is 1.40 bits per heavy atom. The van der Waals surface area contributed by atoms with E-state index in [1.807, 2.05) is 12.4 Å². The molecule has 0 radical (unpaired) electrons. The van der Waals surface area contributed by atoms with E-state index >= 15 is 0 Å². The van der Waals surface area contributed by atoms with Crippen molar-refractivity contribution in [1.29, 1.82) is 0 Å². The molecule has 82 valence electrons. The fraction of sp³-hybridized carbons (Fsp3) is 0.667. The first kappa shape index (κ1) is 10.4. The Bertz CT molecular complexity index is 335. The summed E-state index contributed by atoms with van der Waals surface area (Å²) in [4.78, 5) is 11.3. The monoisotopic (exact) mass is 205 g/mol. The van der Waals surface area contributed by atoms with Crippen LogP contribution in [-0.4, -0.2) is 23.1 Å². The van der Waals surface area contributed by atoms with E-state index < -0.39 is 0 Å². The van der Waals surface area contributed by atoms with Crippen LogP contribution in [0.2, 0.25) is 0 Å². The van der Waals surface area contributed by atoms with Gasteiger partial charge in [0.25, 0.3) is 0 Å². The van der Waals surface area contributed by atoms with E-state index in [0.717, 1.165) is 30.5 Å². The summed E-state index contributed by atoms with van der Waals surface area (Å²) in [6.07, 6.45) is 5.02. The maximum atomic E-state index is 4.65. The van der Waals surface area contributed by atoms with Crippen molar-refractivity contribution in [3.8, 4) is 0 Å². The first-order valence-corrected chi connectivity index (χ1v) is 5.73. The predicted molar refractivity (Wildman–Crippen MR) is 62.1 cm³/mol.